The molecule has 1 aliphatic carbocycles. The van der Waals surface area contributed by atoms with Gasteiger partial charge < -0.3 is 19.5 Å². The molecule has 4 heterocycles. The monoisotopic (exact) mass is 766 g/mol. The maximum atomic E-state index is 13.5. The van der Waals surface area contributed by atoms with Crippen LogP contribution in [-0.4, -0.2) is 108 Å². The number of aliphatic hydroxyl groups is 1. The van der Waals surface area contributed by atoms with Gasteiger partial charge in [-0.25, -0.2) is 4.21 Å². The van der Waals surface area contributed by atoms with Gasteiger partial charge in [-0.05, 0) is 91.8 Å². The van der Waals surface area contributed by atoms with E-state index in [2.05, 4.69) is 64.1 Å². The zero-order valence-corrected chi connectivity index (χ0v) is 33.3. The van der Waals surface area contributed by atoms with Gasteiger partial charge in [0.25, 0.3) is 5.91 Å². The molecule has 2 N–H and O–H groups in total. The SMILES string of the molecule is C=CCO.CCCc1cc(Cl)ccc1C1COc2ccc3cc2N(C1)CC1CCC1C(N1CCN2CCOCC2C1)/C=C/CC(C)C(C)S(=O)NC3=O. The lowest BCUT2D eigenvalue weighted by molar-refractivity contribution is -0.0610. The number of carbonyl (C=O) groups excluding carboxylic acids is 1. The number of benzene rings is 2. The molecule has 2 aromatic carbocycles. The van der Waals surface area contributed by atoms with E-state index < -0.39 is 11.0 Å². The second kappa shape index (κ2) is 18.7. The number of aliphatic hydroxyl groups excluding tert-OH is 1. The Hall–Kier alpha value is -2.73. The third-order valence-electron chi connectivity index (χ3n) is 12.1. The summed E-state index contributed by atoms with van der Waals surface area (Å²) in [5.41, 5.74) is 4.04. The number of allylic oxidation sites excluding steroid dienone is 1. The van der Waals surface area contributed by atoms with Crippen LogP contribution in [0.15, 0.2) is 61.2 Å². The van der Waals surface area contributed by atoms with Gasteiger partial charge in [0.05, 0.1) is 37.4 Å². The number of nitrogens with one attached hydrogen (secondary N) is 1. The van der Waals surface area contributed by atoms with Gasteiger partial charge in [0.1, 0.15) is 16.7 Å². The average molecular weight is 767 g/mol. The fourth-order valence-electron chi connectivity index (χ4n) is 8.66. The van der Waals surface area contributed by atoms with Crippen LogP contribution in [0.1, 0.15) is 73.9 Å². The summed E-state index contributed by atoms with van der Waals surface area (Å²) in [5.74, 6) is 1.85. The van der Waals surface area contributed by atoms with Gasteiger partial charge in [-0.2, -0.15) is 0 Å². The van der Waals surface area contributed by atoms with Crippen LogP contribution in [0.5, 0.6) is 5.75 Å². The summed E-state index contributed by atoms with van der Waals surface area (Å²) in [4.78, 5) is 21.3. The molecule has 2 saturated heterocycles. The summed E-state index contributed by atoms with van der Waals surface area (Å²) in [6.45, 7) is 17.8. The molecule has 3 fully saturated rings. The third-order valence-corrected chi connectivity index (χ3v) is 13.8. The zero-order chi connectivity index (χ0) is 37.5. The fourth-order valence-corrected chi connectivity index (χ4v) is 9.88. The van der Waals surface area contributed by atoms with Gasteiger partial charge in [0.15, 0.2) is 0 Å². The van der Waals surface area contributed by atoms with Crippen molar-refractivity contribution in [2.24, 2.45) is 17.8 Å². The van der Waals surface area contributed by atoms with Gasteiger partial charge in [0, 0.05) is 67.9 Å². The number of rotatable bonds is 5. The van der Waals surface area contributed by atoms with E-state index in [9.17, 15) is 9.00 Å². The zero-order valence-electron chi connectivity index (χ0n) is 31.8. The number of aryl methyl sites for hydroxylation is 1. The minimum absolute atomic E-state index is 0.0833. The highest BCUT2D eigenvalue weighted by molar-refractivity contribution is 7.84. The van der Waals surface area contributed by atoms with Crippen LogP contribution in [-0.2, 0) is 22.1 Å². The van der Waals surface area contributed by atoms with Crippen LogP contribution in [0, 0.1) is 17.8 Å². The molecule has 0 spiro atoms. The van der Waals surface area contributed by atoms with Crippen LogP contribution in [0.25, 0.3) is 0 Å². The normalized spacial score (nSPS) is 31.6. The molecule has 0 radical (unpaired) electrons. The molecular formula is C42H59ClN4O5S. The first-order chi connectivity index (χ1) is 25.7. The van der Waals surface area contributed by atoms with Gasteiger partial charge in [0.2, 0.25) is 0 Å². The number of halogens is 1. The van der Waals surface area contributed by atoms with Crippen LogP contribution in [0.2, 0.25) is 5.02 Å². The van der Waals surface area contributed by atoms with Crippen molar-refractivity contribution < 1.29 is 23.6 Å². The Morgan fingerprint density at radius 3 is 2.62 bits per heavy atom. The number of hydrogen-bond donors (Lipinski definition) is 2. The molecule has 2 aromatic rings. The standard InChI is InChI=1S/C39H53ClN4O4S.C3H6O/c1-4-6-28-19-32(40)11-13-34(28)31-22-44-21-30-9-12-35(30)36(43-16-15-42-17-18-47-25-33(42)23-43)8-5-7-26(2)27(3)49(46)41-39(45)29-10-14-38(48-24-31)37(44)20-29;1-2-3-4/h5,8,10-11,13-14,19-20,26-27,30-31,33,35-36H,4,6-7,9,12,15-18,21-25H2,1-3H3,(H,41,45);2,4H,1,3H2/b8-5+;. The van der Waals surface area contributed by atoms with E-state index in [0.717, 1.165) is 88.2 Å². The summed E-state index contributed by atoms with van der Waals surface area (Å²) in [6.07, 6.45) is 11.5. The topological polar surface area (TPSA) is 94.6 Å². The van der Waals surface area contributed by atoms with E-state index in [0.29, 0.717) is 36.1 Å². The Kier molecular flexibility index (Phi) is 14.1. The summed E-state index contributed by atoms with van der Waals surface area (Å²) in [5, 5.41) is 8.34. The van der Waals surface area contributed by atoms with Gasteiger partial charge in [-0.3, -0.25) is 19.3 Å². The molecule has 8 unspecified atom stereocenters. The molecule has 1 saturated carbocycles. The first-order valence-corrected chi connectivity index (χ1v) is 21.3. The quantitative estimate of drug-likeness (QED) is 0.347. The number of piperazine rings is 1. The van der Waals surface area contributed by atoms with Crippen molar-refractivity contribution in [3.05, 3.63) is 82.9 Å². The molecule has 11 heteroatoms. The molecule has 8 atom stereocenters. The fraction of sp³-hybridized carbons (Fsp3) is 0.595. The Labute approximate surface area is 324 Å². The molecule has 1 amide bonds. The molecular weight excluding hydrogens is 708 g/mol. The number of fused-ring (bicyclic) bond motifs is 3. The number of morpholine rings is 1. The van der Waals surface area contributed by atoms with Gasteiger partial charge in [-0.1, -0.05) is 56.2 Å². The van der Waals surface area contributed by atoms with Gasteiger partial charge in [-0.15, -0.1) is 6.58 Å². The number of ether oxygens (including phenoxy) is 2. The molecule has 2 bridgehead atoms. The van der Waals surface area contributed by atoms with E-state index in [1.54, 1.807) is 0 Å². The highest BCUT2D eigenvalue weighted by Crippen LogP contribution is 2.44. The number of carbonyl (C=O) groups is 1. The summed E-state index contributed by atoms with van der Waals surface area (Å²) in [7, 11) is -1.51. The third kappa shape index (κ3) is 9.57. The lowest BCUT2D eigenvalue weighted by Gasteiger charge is -2.51. The predicted octanol–water partition coefficient (Wildman–Crippen LogP) is 6.23. The molecule has 7 rings (SSSR count). The maximum Gasteiger partial charge on any atom is 0.263 e. The molecule has 4 aliphatic heterocycles. The summed E-state index contributed by atoms with van der Waals surface area (Å²) in [6, 6.07) is 12.8. The smallest absolute Gasteiger partial charge is 0.263 e. The Bertz CT molecular complexity index is 1620. The highest BCUT2D eigenvalue weighted by Gasteiger charge is 2.43. The van der Waals surface area contributed by atoms with E-state index in [4.69, 9.17) is 26.2 Å². The van der Waals surface area contributed by atoms with Crippen LogP contribution >= 0.6 is 11.6 Å². The lowest BCUT2D eigenvalue weighted by atomic mass is 9.68. The predicted molar refractivity (Wildman–Crippen MR) is 215 cm³/mol. The lowest BCUT2D eigenvalue weighted by Crippen LogP contribution is -2.61. The largest absolute Gasteiger partial charge is 0.491 e. The Morgan fingerprint density at radius 1 is 1.06 bits per heavy atom. The van der Waals surface area contributed by atoms with E-state index in [1.807, 2.05) is 31.2 Å². The van der Waals surface area contributed by atoms with Crippen molar-refractivity contribution >= 4 is 34.2 Å². The van der Waals surface area contributed by atoms with E-state index in [1.165, 1.54) is 30.0 Å². The number of amides is 1. The van der Waals surface area contributed by atoms with E-state index in [-0.39, 0.29) is 29.6 Å². The average Bonchev–Trinajstić information content (AvgIpc) is 3.34. The Morgan fingerprint density at radius 2 is 1.87 bits per heavy atom. The second-order valence-corrected chi connectivity index (χ2v) is 17.5. The second-order valence-electron chi connectivity index (χ2n) is 15.5. The number of nitrogens with zero attached hydrogens (tertiary/aromatic N) is 3. The van der Waals surface area contributed by atoms with Crippen LogP contribution < -0.4 is 14.4 Å². The minimum Gasteiger partial charge on any atom is -0.491 e. The number of hydrogen-bond acceptors (Lipinski definition) is 8. The minimum atomic E-state index is -1.51. The first kappa shape index (κ1) is 39.9. The van der Waals surface area contributed by atoms with Crippen molar-refractivity contribution in [3.8, 4) is 5.75 Å². The number of anilines is 1. The maximum absolute atomic E-state index is 13.5. The van der Waals surface area contributed by atoms with E-state index >= 15 is 0 Å². The summed E-state index contributed by atoms with van der Waals surface area (Å²) >= 11 is 6.49. The summed E-state index contributed by atoms with van der Waals surface area (Å²) < 4.78 is 28.7. The van der Waals surface area contributed by atoms with Gasteiger partial charge >= 0.3 is 0 Å². The molecule has 53 heavy (non-hydrogen) atoms. The van der Waals surface area contributed by atoms with Crippen molar-refractivity contribution in [1.29, 1.82) is 0 Å². The molecule has 5 aliphatic rings. The van der Waals surface area contributed by atoms with Crippen LogP contribution in [0.4, 0.5) is 5.69 Å². The highest BCUT2D eigenvalue weighted by atomic mass is 35.5. The molecule has 0 aromatic heterocycles. The molecule has 9 nitrogen and oxygen atoms in total. The van der Waals surface area contributed by atoms with Crippen molar-refractivity contribution in [2.45, 2.75) is 76.1 Å². The Balaban J connectivity index is 0.00000114. The van der Waals surface area contributed by atoms with Crippen molar-refractivity contribution in [3.63, 3.8) is 0 Å². The van der Waals surface area contributed by atoms with Crippen LogP contribution in [0.3, 0.4) is 0 Å². The van der Waals surface area contributed by atoms with Crippen molar-refractivity contribution in [1.82, 2.24) is 14.5 Å². The van der Waals surface area contributed by atoms with Crippen molar-refractivity contribution in [2.75, 3.05) is 70.6 Å². The first-order valence-electron chi connectivity index (χ1n) is 19.7. The molecule has 290 valence electrons.